The Labute approximate surface area is 159 Å². The lowest BCUT2D eigenvalue weighted by atomic mass is 9.96. The van der Waals surface area contributed by atoms with Gasteiger partial charge in [-0.2, -0.15) is 0 Å². The molecule has 3 N–H and O–H groups in total. The van der Waals surface area contributed by atoms with Crippen molar-refractivity contribution in [1.82, 2.24) is 20.5 Å². The molecule has 2 heterocycles. The van der Waals surface area contributed by atoms with E-state index in [-0.39, 0.29) is 17.7 Å². The van der Waals surface area contributed by atoms with E-state index >= 15 is 0 Å². The highest BCUT2D eigenvalue weighted by atomic mass is 32.1. The molecule has 1 fully saturated rings. The number of hydrogen-bond donors (Lipinski definition) is 3. The van der Waals surface area contributed by atoms with Crippen molar-refractivity contribution in [3.05, 3.63) is 16.1 Å². The van der Waals surface area contributed by atoms with Crippen LogP contribution in [0, 0.1) is 18.8 Å². The first-order valence-electron chi connectivity index (χ1n) is 9.21. The van der Waals surface area contributed by atoms with E-state index in [0.29, 0.717) is 12.5 Å². The van der Waals surface area contributed by atoms with Crippen LogP contribution in [0.2, 0.25) is 0 Å². The van der Waals surface area contributed by atoms with Gasteiger partial charge in [-0.05, 0) is 38.8 Å². The molecule has 1 aromatic heterocycles. The maximum Gasteiger partial charge on any atom is 0.244 e. The summed E-state index contributed by atoms with van der Waals surface area (Å²) >= 11 is 1.68. The summed E-state index contributed by atoms with van der Waals surface area (Å²) in [6, 6.07) is -0.877. The second-order valence-corrected chi connectivity index (χ2v) is 8.28. The first-order chi connectivity index (χ1) is 12.4. The van der Waals surface area contributed by atoms with Crippen LogP contribution in [0.25, 0.3) is 0 Å². The van der Waals surface area contributed by atoms with Crippen LogP contribution < -0.4 is 10.6 Å². The van der Waals surface area contributed by atoms with E-state index in [1.165, 1.54) is 0 Å². The Morgan fingerprint density at radius 1 is 1.35 bits per heavy atom. The smallest absolute Gasteiger partial charge is 0.244 e. The van der Waals surface area contributed by atoms with Gasteiger partial charge in [0.05, 0.1) is 17.3 Å². The molecule has 26 heavy (non-hydrogen) atoms. The Hall–Kier alpha value is -1.51. The first-order valence-corrected chi connectivity index (χ1v) is 10.1. The van der Waals surface area contributed by atoms with E-state index in [4.69, 9.17) is 0 Å². The normalized spacial score (nSPS) is 17.3. The molecule has 0 aromatic carbocycles. The fourth-order valence-electron chi connectivity index (χ4n) is 2.96. The SMILES string of the molecule is Cc1nc(CN2CCC(CNC(=O)[C@H](CO)NC(=O)C(C)C)CC2)cs1. The quantitative estimate of drug-likeness (QED) is 0.621. The zero-order chi connectivity index (χ0) is 19.1. The Bertz CT molecular complexity index is 597. The third-order valence-electron chi connectivity index (χ3n) is 4.66. The van der Waals surface area contributed by atoms with Gasteiger partial charge >= 0.3 is 0 Å². The minimum atomic E-state index is -0.877. The Morgan fingerprint density at radius 3 is 2.58 bits per heavy atom. The Kier molecular flexibility index (Phi) is 7.99. The third kappa shape index (κ3) is 6.34. The summed E-state index contributed by atoms with van der Waals surface area (Å²) in [5.74, 6) is -0.346. The summed E-state index contributed by atoms with van der Waals surface area (Å²) in [4.78, 5) is 30.8. The van der Waals surface area contributed by atoms with Crippen LogP contribution in [0.15, 0.2) is 5.38 Å². The van der Waals surface area contributed by atoms with Gasteiger partial charge in [0.15, 0.2) is 0 Å². The molecule has 0 spiro atoms. The van der Waals surface area contributed by atoms with Crippen LogP contribution >= 0.6 is 11.3 Å². The molecule has 1 aromatic rings. The molecule has 8 heteroatoms. The molecule has 0 radical (unpaired) electrons. The van der Waals surface area contributed by atoms with E-state index in [2.05, 4.69) is 25.9 Å². The molecule has 2 amide bonds. The zero-order valence-corrected chi connectivity index (χ0v) is 16.6. The topological polar surface area (TPSA) is 94.6 Å². The maximum absolute atomic E-state index is 12.2. The van der Waals surface area contributed by atoms with Crippen LogP contribution in [0.1, 0.15) is 37.4 Å². The van der Waals surface area contributed by atoms with Gasteiger partial charge in [-0.15, -0.1) is 11.3 Å². The van der Waals surface area contributed by atoms with Crippen molar-refractivity contribution in [2.75, 3.05) is 26.2 Å². The lowest BCUT2D eigenvalue weighted by Crippen LogP contribution is -2.51. The predicted octanol–water partition coefficient (Wildman–Crippen LogP) is 0.913. The number of aliphatic hydroxyl groups excluding tert-OH is 1. The second-order valence-electron chi connectivity index (χ2n) is 7.22. The number of aryl methyl sites for hydroxylation is 1. The van der Waals surface area contributed by atoms with Gasteiger partial charge in [-0.3, -0.25) is 14.5 Å². The van der Waals surface area contributed by atoms with Gasteiger partial charge in [-0.25, -0.2) is 4.98 Å². The van der Waals surface area contributed by atoms with Crippen LogP contribution in [-0.4, -0.2) is 59.1 Å². The largest absolute Gasteiger partial charge is 0.394 e. The van der Waals surface area contributed by atoms with Gasteiger partial charge in [0.2, 0.25) is 11.8 Å². The zero-order valence-electron chi connectivity index (χ0n) is 15.8. The van der Waals surface area contributed by atoms with Gasteiger partial charge in [0.25, 0.3) is 0 Å². The number of carbonyl (C=O) groups excluding carboxylic acids is 2. The van der Waals surface area contributed by atoms with Crippen molar-refractivity contribution in [1.29, 1.82) is 0 Å². The van der Waals surface area contributed by atoms with Crippen molar-refractivity contribution in [2.24, 2.45) is 11.8 Å². The van der Waals surface area contributed by atoms with Crippen molar-refractivity contribution in [3.8, 4) is 0 Å². The number of amides is 2. The summed E-state index contributed by atoms with van der Waals surface area (Å²) in [5, 5.41) is 18.0. The number of rotatable bonds is 8. The highest BCUT2D eigenvalue weighted by Crippen LogP contribution is 2.19. The molecule has 7 nitrogen and oxygen atoms in total. The first kappa shape index (κ1) is 20.8. The van der Waals surface area contributed by atoms with E-state index < -0.39 is 12.6 Å². The summed E-state index contributed by atoms with van der Waals surface area (Å²) in [5.41, 5.74) is 1.13. The molecule has 0 bridgehead atoms. The maximum atomic E-state index is 12.2. The number of likely N-dealkylation sites (tertiary alicyclic amines) is 1. The average Bonchev–Trinajstić information content (AvgIpc) is 3.03. The van der Waals surface area contributed by atoms with Gasteiger partial charge in [0.1, 0.15) is 6.04 Å². The third-order valence-corrected chi connectivity index (χ3v) is 5.49. The molecule has 1 aliphatic heterocycles. The standard InChI is InChI=1S/C18H30N4O3S/c1-12(2)17(24)21-16(10-23)18(25)19-8-14-4-6-22(7-5-14)9-15-11-26-13(3)20-15/h11-12,14,16,23H,4-10H2,1-3H3,(H,19,25)(H,21,24)/t16-/m0/s1. The summed E-state index contributed by atoms with van der Waals surface area (Å²) < 4.78 is 0. The number of thiazole rings is 1. The highest BCUT2D eigenvalue weighted by Gasteiger charge is 2.24. The van der Waals surface area contributed by atoms with Crippen LogP contribution in [0.4, 0.5) is 0 Å². The molecule has 0 saturated carbocycles. The van der Waals surface area contributed by atoms with E-state index in [0.717, 1.165) is 43.2 Å². The van der Waals surface area contributed by atoms with E-state index in [1.54, 1.807) is 25.2 Å². The lowest BCUT2D eigenvalue weighted by molar-refractivity contribution is -0.131. The van der Waals surface area contributed by atoms with Crippen molar-refractivity contribution < 1.29 is 14.7 Å². The van der Waals surface area contributed by atoms with Gasteiger partial charge in [-0.1, -0.05) is 13.8 Å². The fourth-order valence-corrected chi connectivity index (χ4v) is 3.56. The number of aromatic nitrogens is 1. The molecule has 0 unspecified atom stereocenters. The monoisotopic (exact) mass is 382 g/mol. The molecule has 1 aliphatic rings. The fraction of sp³-hybridized carbons (Fsp3) is 0.722. The van der Waals surface area contributed by atoms with Crippen molar-refractivity contribution >= 4 is 23.2 Å². The summed E-state index contributed by atoms with van der Waals surface area (Å²) in [6.45, 7) is 8.58. The molecular weight excluding hydrogens is 352 g/mol. The predicted molar refractivity (Wildman–Crippen MR) is 102 cm³/mol. The number of nitrogens with one attached hydrogen (secondary N) is 2. The summed E-state index contributed by atoms with van der Waals surface area (Å²) in [6.07, 6.45) is 2.04. The number of aliphatic hydroxyl groups is 1. The molecule has 146 valence electrons. The minimum absolute atomic E-state index is 0.220. The lowest BCUT2D eigenvalue weighted by Gasteiger charge is -2.31. The van der Waals surface area contributed by atoms with Crippen molar-refractivity contribution in [3.63, 3.8) is 0 Å². The average molecular weight is 383 g/mol. The Morgan fingerprint density at radius 2 is 2.04 bits per heavy atom. The Balaban J connectivity index is 1.70. The second kappa shape index (κ2) is 9.99. The number of hydrogen-bond acceptors (Lipinski definition) is 6. The van der Waals surface area contributed by atoms with Crippen molar-refractivity contribution in [2.45, 2.75) is 46.2 Å². The number of piperidine rings is 1. The van der Waals surface area contributed by atoms with Crippen LogP contribution in [0.5, 0.6) is 0 Å². The number of nitrogens with zero attached hydrogens (tertiary/aromatic N) is 2. The van der Waals surface area contributed by atoms with Gasteiger partial charge in [0, 0.05) is 24.4 Å². The van der Waals surface area contributed by atoms with Crippen LogP contribution in [-0.2, 0) is 16.1 Å². The van der Waals surface area contributed by atoms with Crippen LogP contribution in [0.3, 0.4) is 0 Å². The minimum Gasteiger partial charge on any atom is -0.394 e. The van der Waals surface area contributed by atoms with E-state index in [9.17, 15) is 14.7 Å². The molecular formula is C18H30N4O3S. The summed E-state index contributed by atoms with van der Waals surface area (Å²) in [7, 11) is 0. The molecule has 0 aliphatic carbocycles. The van der Waals surface area contributed by atoms with E-state index in [1.807, 2.05) is 6.92 Å². The molecule has 1 saturated heterocycles. The number of carbonyl (C=O) groups is 2. The molecule has 2 rings (SSSR count). The van der Waals surface area contributed by atoms with Gasteiger partial charge < -0.3 is 15.7 Å². The highest BCUT2D eigenvalue weighted by molar-refractivity contribution is 7.09. The molecule has 1 atom stereocenters.